The van der Waals surface area contributed by atoms with Gasteiger partial charge in [-0.2, -0.15) is 0 Å². The molecule has 2 N–H and O–H groups in total. The Bertz CT molecular complexity index is 805. The van der Waals surface area contributed by atoms with Crippen molar-refractivity contribution in [3.05, 3.63) is 51.0 Å². The highest BCUT2D eigenvalue weighted by Gasteiger charge is 2.20. The minimum absolute atomic E-state index is 0.494. The van der Waals surface area contributed by atoms with Crippen LogP contribution in [-0.4, -0.2) is 48.1 Å². The summed E-state index contributed by atoms with van der Waals surface area (Å²) in [6, 6.07) is 9.21. The molecule has 1 fully saturated rings. The minimum atomic E-state index is 0.494. The summed E-state index contributed by atoms with van der Waals surface area (Å²) in [5, 5.41) is 8.21. The fourth-order valence-corrected chi connectivity index (χ4v) is 4.78. The van der Waals surface area contributed by atoms with Gasteiger partial charge in [0, 0.05) is 50.1 Å². The molecule has 0 aliphatic carbocycles. The molecule has 1 aliphatic rings. The summed E-state index contributed by atoms with van der Waals surface area (Å²) < 4.78 is 0. The number of aliphatic imine (C=N–C) groups is 1. The van der Waals surface area contributed by atoms with E-state index in [2.05, 4.69) is 72.5 Å². The van der Waals surface area contributed by atoms with E-state index in [0.29, 0.717) is 6.04 Å². The Kier molecular flexibility index (Phi) is 8.07. The largest absolute Gasteiger partial charge is 0.357 e. The van der Waals surface area contributed by atoms with Crippen molar-refractivity contribution >= 4 is 17.3 Å². The smallest absolute Gasteiger partial charge is 0.191 e. The number of piperidine rings is 1. The van der Waals surface area contributed by atoms with Crippen molar-refractivity contribution < 1.29 is 0 Å². The second kappa shape index (κ2) is 10.7. The first kappa shape index (κ1) is 21.8. The summed E-state index contributed by atoms with van der Waals surface area (Å²) >= 11 is 1.79. The van der Waals surface area contributed by atoms with Crippen LogP contribution in [0.5, 0.6) is 0 Å². The van der Waals surface area contributed by atoms with E-state index in [1.54, 1.807) is 11.3 Å². The summed E-state index contributed by atoms with van der Waals surface area (Å²) in [5.41, 5.74) is 3.99. The number of rotatable bonds is 7. The Hall–Kier alpha value is -1.92. The van der Waals surface area contributed by atoms with Crippen molar-refractivity contribution in [3.8, 4) is 0 Å². The van der Waals surface area contributed by atoms with Gasteiger partial charge in [0.15, 0.2) is 5.96 Å². The first-order chi connectivity index (χ1) is 14.0. The van der Waals surface area contributed by atoms with Gasteiger partial charge < -0.3 is 10.6 Å². The van der Waals surface area contributed by atoms with Crippen LogP contribution in [0.3, 0.4) is 0 Å². The fraction of sp³-hybridized carbons (Fsp3) is 0.565. The molecule has 3 rings (SSSR count). The van der Waals surface area contributed by atoms with Gasteiger partial charge in [0.05, 0.1) is 10.7 Å². The average Bonchev–Trinajstić information content (AvgIpc) is 3.02. The van der Waals surface area contributed by atoms with Crippen LogP contribution in [0.4, 0.5) is 0 Å². The zero-order chi connectivity index (χ0) is 20.6. The van der Waals surface area contributed by atoms with Crippen LogP contribution in [-0.2, 0) is 13.0 Å². The standard InChI is InChI=1S/C23H35N5S/c1-5-24-23(25-13-10-22-18(3)26-19(4)29-22)27-21-11-14-28(15-12-21)16-20-9-7-6-8-17(20)2/h6-9,21H,5,10-16H2,1-4H3,(H2,24,25,27). The van der Waals surface area contributed by atoms with E-state index in [0.717, 1.165) is 68.6 Å². The Balaban J connectivity index is 1.47. The molecule has 0 amide bonds. The molecule has 1 aromatic carbocycles. The van der Waals surface area contributed by atoms with E-state index in [9.17, 15) is 0 Å². The highest BCUT2D eigenvalue weighted by Crippen LogP contribution is 2.18. The zero-order valence-corrected chi connectivity index (χ0v) is 19.1. The lowest BCUT2D eigenvalue weighted by Gasteiger charge is -2.33. The average molecular weight is 414 g/mol. The van der Waals surface area contributed by atoms with Gasteiger partial charge in [-0.3, -0.25) is 9.89 Å². The van der Waals surface area contributed by atoms with E-state index in [4.69, 9.17) is 4.99 Å². The van der Waals surface area contributed by atoms with Gasteiger partial charge in [-0.25, -0.2) is 4.98 Å². The van der Waals surface area contributed by atoms with Crippen molar-refractivity contribution in [3.63, 3.8) is 0 Å². The second-order valence-electron chi connectivity index (χ2n) is 7.87. The molecule has 158 valence electrons. The highest BCUT2D eigenvalue weighted by molar-refractivity contribution is 7.11. The number of aromatic nitrogens is 1. The Labute approximate surface area is 179 Å². The Morgan fingerprint density at radius 3 is 2.62 bits per heavy atom. The molecule has 1 aliphatic heterocycles. The summed E-state index contributed by atoms with van der Waals surface area (Å²) in [7, 11) is 0. The van der Waals surface area contributed by atoms with Crippen molar-refractivity contribution in [1.29, 1.82) is 0 Å². The molecule has 0 unspecified atom stereocenters. The lowest BCUT2D eigenvalue weighted by Crippen LogP contribution is -2.48. The number of guanidine groups is 1. The SMILES string of the molecule is CCNC(=NCCc1sc(C)nc1C)NC1CCN(Cc2ccccc2C)CC1. The van der Waals surface area contributed by atoms with Crippen LogP contribution in [0.2, 0.25) is 0 Å². The maximum atomic E-state index is 4.81. The zero-order valence-electron chi connectivity index (χ0n) is 18.3. The monoisotopic (exact) mass is 413 g/mol. The number of nitrogens with one attached hydrogen (secondary N) is 2. The minimum Gasteiger partial charge on any atom is -0.357 e. The molecule has 2 aromatic rings. The number of thiazole rings is 1. The van der Waals surface area contributed by atoms with Crippen LogP contribution >= 0.6 is 11.3 Å². The Morgan fingerprint density at radius 2 is 1.97 bits per heavy atom. The van der Waals surface area contributed by atoms with Gasteiger partial charge in [-0.15, -0.1) is 11.3 Å². The number of benzene rings is 1. The topological polar surface area (TPSA) is 52.6 Å². The van der Waals surface area contributed by atoms with E-state index in [-0.39, 0.29) is 0 Å². The molecule has 0 saturated carbocycles. The predicted octanol–water partition coefficient (Wildman–Crippen LogP) is 3.83. The van der Waals surface area contributed by atoms with Gasteiger partial charge in [0.25, 0.3) is 0 Å². The van der Waals surface area contributed by atoms with Crippen molar-refractivity contribution in [2.45, 2.75) is 59.5 Å². The van der Waals surface area contributed by atoms with E-state index < -0.39 is 0 Å². The first-order valence-electron chi connectivity index (χ1n) is 10.8. The molecule has 2 heterocycles. The first-order valence-corrected chi connectivity index (χ1v) is 11.6. The van der Waals surface area contributed by atoms with Crippen LogP contribution in [0, 0.1) is 20.8 Å². The Morgan fingerprint density at radius 1 is 1.21 bits per heavy atom. The molecule has 0 bridgehead atoms. The van der Waals surface area contributed by atoms with Crippen LogP contribution < -0.4 is 10.6 Å². The molecular formula is C23H35N5S. The van der Waals surface area contributed by atoms with Crippen molar-refractivity contribution in [1.82, 2.24) is 20.5 Å². The van der Waals surface area contributed by atoms with Gasteiger partial charge in [0.2, 0.25) is 0 Å². The third kappa shape index (κ3) is 6.54. The number of nitrogens with zero attached hydrogens (tertiary/aromatic N) is 3. The fourth-order valence-electron chi connectivity index (χ4n) is 3.85. The lowest BCUT2D eigenvalue weighted by atomic mass is 10.0. The third-order valence-corrected chi connectivity index (χ3v) is 6.67. The van der Waals surface area contributed by atoms with Crippen molar-refractivity contribution in [2.24, 2.45) is 4.99 Å². The van der Waals surface area contributed by atoms with Crippen LogP contribution in [0.15, 0.2) is 29.3 Å². The summed E-state index contributed by atoms with van der Waals surface area (Å²) in [5.74, 6) is 0.948. The van der Waals surface area contributed by atoms with Gasteiger partial charge in [-0.05, 0) is 51.7 Å². The quantitative estimate of drug-likeness (QED) is 0.535. The van der Waals surface area contributed by atoms with Crippen molar-refractivity contribution in [2.75, 3.05) is 26.2 Å². The maximum Gasteiger partial charge on any atom is 0.191 e. The molecule has 6 heteroatoms. The molecule has 5 nitrogen and oxygen atoms in total. The highest BCUT2D eigenvalue weighted by atomic mass is 32.1. The molecule has 1 saturated heterocycles. The summed E-state index contributed by atoms with van der Waals surface area (Å²) in [6.45, 7) is 13.5. The summed E-state index contributed by atoms with van der Waals surface area (Å²) in [6.07, 6.45) is 3.27. The van der Waals surface area contributed by atoms with Gasteiger partial charge in [0.1, 0.15) is 0 Å². The lowest BCUT2D eigenvalue weighted by molar-refractivity contribution is 0.198. The number of likely N-dealkylation sites (tertiary alicyclic amines) is 1. The molecule has 0 radical (unpaired) electrons. The van der Waals surface area contributed by atoms with Gasteiger partial charge >= 0.3 is 0 Å². The molecule has 29 heavy (non-hydrogen) atoms. The van der Waals surface area contributed by atoms with Crippen LogP contribution in [0.1, 0.15) is 46.5 Å². The van der Waals surface area contributed by atoms with Gasteiger partial charge in [-0.1, -0.05) is 24.3 Å². The van der Waals surface area contributed by atoms with E-state index in [1.807, 2.05) is 0 Å². The summed E-state index contributed by atoms with van der Waals surface area (Å²) in [4.78, 5) is 13.2. The molecule has 1 aromatic heterocycles. The van der Waals surface area contributed by atoms with E-state index >= 15 is 0 Å². The second-order valence-corrected chi connectivity index (χ2v) is 9.16. The predicted molar refractivity (Wildman–Crippen MR) is 124 cm³/mol. The normalized spacial score (nSPS) is 16.2. The number of hydrogen-bond acceptors (Lipinski definition) is 4. The third-order valence-electron chi connectivity index (χ3n) is 5.54. The maximum absolute atomic E-state index is 4.81. The van der Waals surface area contributed by atoms with E-state index in [1.165, 1.54) is 16.0 Å². The molecule has 0 spiro atoms. The number of aryl methyl sites for hydroxylation is 3. The molecule has 0 atom stereocenters. The van der Waals surface area contributed by atoms with Crippen LogP contribution in [0.25, 0.3) is 0 Å². The number of hydrogen-bond donors (Lipinski definition) is 2. The molecular weight excluding hydrogens is 378 g/mol.